The van der Waals surface area contributed by atoms with E-state index in [1.807, 2.05) is 0 Å². The van der Waals surface area contributed by atoms with Gasteiger partial charge in [0.25, 0.3) is 5.91 Å². The average Bonchev–Trinajstić information content (AvgIpc) is 2.84. The van der Waals surface area contributed by atoms with E-state index in [1.165, 1.54) is 0 Å². The van der Waals surface area contributed by atoms with Gasteiger partial charge in [0.15, 0.2) is 10.4 Å². The second kappa shape index (κ2) is 5.01. The zero-order valence-corrected chi connectivity index (χ0v) is 10.4. The van der Waals surface area contributed by atoms with E-state index < -0.39 is 0 Å². The average molecular weight is 288 g/mol. The van der Waals surface area contributed by atoms with Crippen LogP contribution in [-0.4, -0.2) is 23.7 Å². The molecular weight excluding hydrogens is 274 g/mol. The third-order valence-corrected chi connectivity index (χ3v) is 3.37. The zero-order chi connectivity index (χ0) is 11.5. The first-order chi connectivity index (χ1) is 7.66. The van der Waals surface area contributed by atoms with Crippen molar-refractivity contribution in [2.75, 3.05) is 6.54 Å². The smallest absolute Gasteiger partial charge is 0.287 e. The van der Waals surface area contributed by atoms with Crippen LogP contribution in [0.1, 0.15) is 29.8 Å². The van der Waals surface area contributed by atoms with Gasteiger partial charge in [-0.15, -0.1) is 0 Å². The minimum Gasteiger partial charge on any atom is -0.444 e. The summed E-state index contributed by atoms with van der Waals surface area (Å²) in [6, 6.07) is 3.30. The first kappa shape index (κ1) is 11.7. The summed E-state index contributed by atoms with van der Waals surface area (Å²) in [6.45, 7) is 0.512. The zero-order valence-electron chi connectivity index (χ0n) is 8.78. The maximum Gasteiger partial charge on any atom is 0.287 e. The molecule has 1 aliphatic rings. The molecular formula is C11H14BrNO3. The molecule has 0 spiro atoms. The van der Waals surface area contributed by atoms with Gasteiger partial charge in [0.2, 0.25) is 0 Å². The van der Waals surface area contributed by atoms with Crippen molar-refractivity contribution >= 4 is 21.8 Å². The third kappa shape index (κ3) is 2.65. The number of halogens is 1. The van der Waals surface area contributed by atoms with Crippen LogP contribution >= 0.6 is 15.9 Å². The number of carbonyl (C=O) groups is 1. The van der Waals surface area contributed by atoms with Gasteiger partial charge in [-0.25, -0.2) is 0 Å². The number of aliphatic hydroxyl groups excluding tert-OH is 1. The highest BCUT2D eigenvalue weighted by molar-refractivity contribution is 9.10. The molecule has 4 nitrogen and oxygen atoms in total. The molecule has 1 amide bonds. The monoisotopic (exact) mass is 287 g/mol. The summed E-state index contributed by atoms with van der Waals surface area (Å²) >= 11 is 3.14. The lowest BCUT2D eigenvalue weighted by atomic mass is 10.1. The summed E-state index contributed by atoms with van der Waals surface area (Å²) in [5.74, 6) is 0.242. The second-order valence-corrected chi connectivity index (χ2v) is 4.85. The van der Waals surface area contributed by atoms with E-state index in [4.69, 9.17) is 4.42 Å². The quantitative estimate of drug-likeness (QED) is 0.893. The van der Waals surface area contributed by atoms with Crippen LogP contribution in [0.2, 0.25) is 0 Å². The van der Waals surface area contributed by atoms with Crippen molar-refractivity contribution in [1.29, 1.82) is 0 Å². The molecule has 0 saturated heterocycles. The van der Waals surface area contributed by atoms with Gasteiger partial charge >= 0.3 is 0 Å². The molecule has 0 aromatic carbocycles. The number of furan rings is 1. The van der Waals surface area contributed by atoms with Crippen LogP contribution in [0, 0.1) is 5.92 Å². The number of nitrogens with one attached hydrogen (secondary N) is 1. The van der Waals surface area contributed by atoms with Crippen LogP contribution in [-0.2, 0) is 0 Å². The van der Waals surface area contributed by atoms with E-state index in [0.717, 1.165) is 19.3 Å². The summed E-state index contributed by atoms with van der Waals surface area (Å²) in [7, 11) is 0. The van der Waals surface area contributed by atoms with E-state index in [2.05, 4.69) is 21.2 Å². The maximum absolute atomic E-state index is 11.6. The van der Waals surface area contributed by atoms with E-state index in [1.54, 1.807) is 12.1 Å². The van der Waals surface area contributed by atoms with Crippen LogP contribution in [0.25, 0.3) is 0 Å². The molecule has 88 valence electrons. The molecule has 0 bridgehead atoms. The summed E-state index contributed by atoms with van der Waals surface area (Å²) in [4.78, 5) is 11.6. The fraction of sp³-hybridized carbons (Fsp3) is 0.545. The Kier molecular flexibility index (Phi) is 3.66. The minimum absolute atomic E-state index is 0.183. The summed E-state index contributed by atoms with van der Waals surface area (Å²) in [5.41, 5.74) is 0. The van der Waals surface area contributed by atoms with Gasteiger partial charge in [0.05, 0.1) is 6.10 Å². The Bertz CT molecular complexity index is 377. The van der Waals surface area contributed by atoms with Gasteiger partial charge < -0.3 is 14.8 Å². The largest absolute Gasteiger partial charge is 0.444 e. The van der Waals surface area contributed by atoms with Crippen molar-refractivity contribution in [3.05, 3.63) is 22.6 Å². The molecule has 2 unspecified atom stereocenters. The van der Waals surface area contributed by atoms with Crippen LogP contribution in [0.3, 0.4) is 0 Å². The molecule has 1 aromatic heterocycles. The standard InChI is InChI=1S/C11H14BrNO3/c12-10-5-4-9(16-10)11(15)13-6-7-2-1-3-8(7)14/h4-5,7-8,14H,1-3,6H2,(H,13,15). The second-order valence-electron chi connectivity index (χ2n) is 4.07. The fourth-order valence-electron chi connectivity index (χ4n) is 2.00. The Morgan fingerprint density at radius 3 is 2.94 bits per heavy atom. The number of amides is 1. The molecule has 1 saturated carbocycles. The highest BCUT2D eigenvalue weighted by Crippen LogP contribution is 2.24. The third-order valence-electron chi connectivity index (χ3n) is 2.94. The first-order valence-corrected chi connectivity index (χ1v) is 6.17. The molecule has 1 aromatic rings. The van der Waals surface area contributed by atoms with Gasteiger partial charge in [0.1, 0.15) is 0 Å². The lowest BCUT2D eigenvalue weighted by molar-refractivity contribution is 0.0889. The van der Waals surface area contributed by atoms with Gasteiger partial charge in [-0.1, -0.05) is 6.42 Å². The molecule has 1 heterocycles. The van der Waals surface area contributed by atoms with Crippen molar-refractivity contribution in [3.63, 3.8) is 0 Å². The van der Waals surface area contributed by atoms with E-state index in [9.17, 15) is 9.90 Å². The number of hydrogen-bond donors (Lipinski definition) is 2. The summed E-state index contributed by atoms with van der Waals surface area (Å²) < 4.78 is 5.67. The number of hydrogen-bond acceptors (Lipinski definition) is 3. The van der Waals surface area contributed by atoms with Crippen LogP contribution in [0.5, 0.6) is 0 Å². The summed E-state index contributed by atoms with van der Waals surface area (Å²) in [5, 5.41) is 12.4. The lowest BCUT2D eigenvalue weighted by Gasteiger charge is -2.14. The van der Waals surface area contributed by atoms with E-state index in [-0.39, 0.29) is 17.9 Å². The molecule has 1 aliphatic carbocycles. The lowest BCUT2D eigenvalue weighted by Crippen LogP contribution is -2.32. The van der Waals surface area contributed by atoms with Crippen LogP contribution in [0.15, 0.2) is 21.2 Å². The topological polar surface area (TPSA) is 62.5 Å². The highest BCUT2D eigenvalue weighted by Gasteiger charge is 2.25. The Labute approximate surface area is 102 Å². The van der Waals surface area contributed by atoms with Gasteiger partial charge in [-0.2, -0.15) is 0 Å². The van der Waals surface area contributed by atoms with Crippen molar-refractivity contribution < 1.29 is 14.3 Å². The molecule has 2 rings (SSSR count). The normalized spacial score (nSPS) is 24.6. The molecule has 2 atom stereocenters. The number of carbonyl (C=O) groups excluding carboxylic acids is 1. The molecule has 2 N–H and O–H groups in total. The van der Waals surface area contributed by atoms with Gasteiger partial charge in [0, 0.05) is 12.5 Å². The van der Waals surface area contributed by atoms with Crippen LogP contribution < -0.4 is 5.32 Å². The molecule has 0 aliphatic heterocycles. The molecule has 1 fully saturated rings. The van der Waals surface area contributed by atoms with Crippen LogP contribution in [0.4, 0.5) is 0 Å². The predicted octanol–water partition coefficient (Wildman–Crippen LogP) is 1.93. The number of aliphatic hydroxyl groups is 1. The van der Waals surface area contributed by atoms with Crippen molar-refractivity contribution in [3.8, 4) is 0 Å². The van der Waals surface area contributed by atoms with Gasteiger partial charge in [-0.3, -0.25) is 4.79 Å². The first-order valence-electron chi connectivity index (χ1n) is 5.38. The summed E-state index contributed by atoms with van der Waals surface area (Å²) in [6.07, 6.45) is 2.58. The molecule has 16 heavy (non-hydrogen) atoms. The Morgan fingerprint density at radius 1 is 1.56 bits per heavy atom. The van der Waals surface area contributed by atoms with Crippen molar-refractivity contribution in [1.82, 2.24) is 5.32 Å². The van der Waals surface area contributed by atoms with Gasteiger partial charge in [-0.05, 0) is 40.9 Å². The Hall–Kier alpha value is -0.810. The maximum atomic E-state index is 11.6. The van der Waals surface area contributed by atoms with E-state index in [0.29, 0.717) is 17.0 Å². The minimum atomic E-state index is -0.274. The van der Waals surface area contributed by atoms with E-state index >= 15 is 0 Å². The van der Waals surface area contributed by atoms with Crippen molar-refractivity contribution in [2.24, 2.45) is 5.92 Å². The number of rotatable bonds is 3. The van der Waals surface area contributed by atoms with Crippen molar-refractivity contribution in [2.45, 2.75) is 25.4 Å². The SMILES string of the molecule is O=C(NCC1CCCC1O)c1ccc(Br)o1. The fourth-order valence-corrected chi connectivity index (χ4v) is 2.31. The Balaban J connectivity index is 1.84. The molecule has 5 heteroatoms. The Morgan fingerprint density at radius 2 is 2.38 bits per heavy atom. The predicted molar refractivity (Wildman–Crippen MR) is 62.1 cm³/mol. The molecule has 0 radical (unpaired) electrons. The highest BCUT2D eigenvalue weighted by atomic mass is 79.9.